The van der Waals surface area contributed by atoms with Crippen LogP contribution in [0, 0.1) is 13.8 Å². The van der Waals surface area contributed by atoms with Crippen LogP contribution in [0.15, 0.2) is 91.1 Å². The Balaban J connectivity index is 1.55. The van der Waals surface area contributed by atoms with E-state index in [1.54, 1.807) is 13.2 Å². The summed E-state index contributed by atoms with van der Waals surface area (Å²) in [4.78, 5) is 16.0. The van der Waals surface area contributed by atoms with Crippen LogP contribution in [-0.4, -0.2) is 32.4 Å². The number of anilines is 1. The molecule has 0 saturated heterocycles. The van der Waals surface area contributed by atoms with Gasteiger partial charge in [-0.2, -0.15) is 5.10 Å². The summed E-state index contributed by atoms with van der Waals surface area (Å²) < 4.78 is 9.66. The minimum Gasteiger partial charge on any atom is -0.497 e. The molecule has 0 radical (unpaired) electrons. The quantitative estimate of drug-likeness (QED) is 0.266. The van der Waals surface area contributed by atoms with E-state index < -0.39 is 6.04 Å². The minimum atomic E-state index is -0.398. The van der Waals surface area contributed by atoms with Crippen LogP contribution >= 0.6 is 11.6 Å². The zero-order chi connectivity index (χ0) is 27.1. The topological polar surface area (TPSA) is 64.3 Å². The average molecular weight is 538 g/mol. The van der Waals surface area contributed by atoms with E-state index in [-0.39, 0.29) is 6.03 Å². The van der Waals surface area contributed by atoms with Crippen LogP contribution in [-0.2, 0) is 6.54 Å². The van der Waals surface area contributed by atoms with Crippen LogP contribution in [0.2, 0.25) is 5.02 Å². The first-order chi connectivity index (χ1) is 18.9. The third-order valence-electron chi connectivity index (χ3n) is 7.20. The number of aryl methyl sites for hydroxylation is 2. The fourth-order valence-corrected chi connectivity index (χ4v) is 5.40. The highest BCUT2D eigenvalue weighted by molar-refractivity contribution is 6.31. The van der Waals surface area contributed by atoms with Crippen molar-refractivity contribution in [3.63, 3.8) is 0 Å². The molecule has 1 aliphatic rings. The molecule has 2 aromatic heterocycles. The highest BCUT2D eigenvalue weighted by Crippen LogP contribution is 2.39. The van der Waals surface area contributed by atoms with Gasteiger partial charge in [0.2, 0.25) is 0 Å². The lowest BCUT2D eigenvalue weighted by Gasteiger charge is -2.31. The van der Waals surface area contributed by atoms with E-state index in [0.717, 1.165) is 45.3 Å². The summed E-state index contributed by atoms with van der Waals surface area (Å²) in [5.74, 6) is 1.64. The van der Waals surface area contributed by atoms with Crippen LogP contribution in [0.4, 0.5) is 10.5 Å². The first kappa shape index (κ1) is 24.8. The van der Waals surface area contributed by atoms with Gasteiger partial charge in [0.05, 0.1) is 36.8 Å². The third-order valence-corrected chi connectivity index (χ3v) is 7.43. The number of halogens is 1. The van der Waals surface area contributed by atoms with Gasteiger partial charge in [-0.1, -0.05) is 48.0 Å². The summed E-state index contributed by atoms with van der Waals surface area (Å²) in [5.41, 5.74) is 6.26. The number of hydrogen-bond donors (Lipinski definition) is 1. The first-order valence-electron chi connectivity index (χ1n) is 12.7. The molecule has 39 heavy (non-hydrogen) atoms. The highest BCUT2D eigenvalue weighted by Gasteiger charge is 2.36. The van der Waals surface area contributed by atoms with Crippen molar-refractivity contribution in [1.29, 1.82) is 0 Å². The Morgan fingerprint density at radius 2 is 1.82 bits per heavy atom. The smallest absolute Gasteiger partial charge is 0.322 e. The number of carbonyl (C=O) groups excluding carboxylic acids is 1. The maximum Gasteiger partial charge on any atom is 0.322 e. The van der Waals surface area contributed by atoms with Gasteiger partial charge in [-0.05, 0) is 73.5 Å². The van der Waals surface area contributed by atoms with Crippen LogP contribution in [0.25, 0.3) is 11.5 Å². The molecule has 1 unspecified atom stereocenters. The largest absolute Gasteiger partial charge is 0.497 e. The Morgan fingerprint density at radius 3 is 2.62 bits per heavy atom. The van der Waals surface area contributed by atoms with Crippen molar-refractivity contribution >= 4 is 23.3 Å². The second-order valence-corrected chi connectivity index (χ2v) is 10.1. The SMILES string of the molecule is COc1cccc(C2c3cccn3-c3c(c(C)nn3-c3ccccc3)CN2C(=O)Nc2cc(Cl)ccc2C)c1. The van der Waals surface area contributed by atoms with E-state index in [4.69, 9.17) is 21.4 Å². The molecular formula is C31H28ClN5O2. The van der Waals surface area contributed by atoms with Crippen molar-refractivity contribution in [2.24, 2.45) is 0 Å². The molecule has 2 amide bonds. The van der Waals surface area contributed by atoms with E-state index in [2.05, 4.69) is 16.0 Å². The standard InChI is InChI=1S/C31H28ClN5O2/c1-20-14-15-23(32)18-27(20)33-31(38)36-19-26-21(2)34-37(24-10-5-4-6-11-24)30(26)35-16-8-13-28(35)29(36)22-9-7-12-25(17-22)39-3/h4-18,29H,19H2,1-3H3,(H,33,38). The summed E-state index contributed by atoms with van der Waals surface area (Å²) >= 11 is 6.28. The highest BCUT2D eigenvalue weighted by atomic mass is 35.5. The molecule has 1 atom stereocenters. The van der Waals surface area contributed by atoms with Gasteiger partial charge >= 0.3 is 6.03 Å². The zero-order valence-electron chi connectivity index (χ0n) is 21.9. The summed E-state index contributed by atoms with van der Waals surface area (Å²) in [6, 6.07) is 26.9. The number of nitrogens with zero attached hydrogens (tertiary/aromatic N) is 4. The predicted molar refractivity (Wildman–Crippen MR) is 153 cm³/mol. The monoisotopic (exact) mass is 537 g/mol. The van der Waals surface area contributed by atoms with Crippen molar-refractivity contribution in [1.82, 2.24) is 19.2 Å². The Kier molecular flexibility index (Phi) is 6.37. The van der Waals surface area contributed by atoms with Gasteiger partial charge in [0, 0.05) is 22.5 Å². The van der Waals surface area contributed by atoms with Gasteiger partial charge in [-0.3, -0.25) is 0 Å². The maximum absolute atomic E-state index is 14.2. The Hall–Kier alpha value is -4.49. The Bertz CT molecular complexity index is 1670. The molecule has 5 aromatic rings. The number of benzene rings is 3. The average Bonchev–Trinajstić information content (AvgIpc) is 3.51. The van der Waals surface area contributed by atoms with Crippen LogP contribution in [0.1, 0.15) is 34.1 Å². The lowest BCUT2D eigenvalue weighted by atomic mass is 10.0. The molecule has 0 aliphatic carbocycles. The number of rotatable bonds is 4. The molecule has 1 N–H and O–H groups in total. The number of hydrogen-bond acceptors (Lipinski definition) is 3. The number of ether oxygens (including phenoxy) is 1. The Morgan fingerprint density at radius 1 is 1.00 bits per heavy atom. The number of amides is 2. The van der Waals surface area contributed by atoms with Gasteiger partial charge in [0.15, 0.2) is 0 Å². The van der Waals surface area contributed by atoms with Crippen LogP contribution in [0.3, 0.4) is 0 Å². The molecule has 0 spiro atoms. The molecule has 3 heterocycles. The van der Waals surface area contributed by atoms with Gasteiger partial charge in [0.1, 0.15) is 11.6 Å². The van der Waals surface area contributed by atoms with Crippen molar-refractivity contribution in [3.8, 4) is 17.3 Å². The van der Waals surface area contributed by atoms with Gasteiger partial charge in [-0.15, -0.1) is 0 Å². The second-order valence-electron chi connectivity index (χ2n) is 9.63. The first-order valence-corrected chi connectivity index (χ1v) is 13.1. The van der Waals surface area contributed by atoms with E-state index in [9.17, 15) is 4.79 Å². The summed E-state index contributed by atoms with van der Waals surface area (Å²) in [6.45, 7) is 4.29. The number of fused-ring (bicyclic) bond motifs is 3. The number of methoxy groups -OCH3 is 1. The van der Waals surface area contributed by atoms with Crippen LogP contribution in [0.5, 0.6) is 5.75 Å². The number of aromatic nitrogens is 3. The van der Waals surface area contributed by atoms with E-state index in [1.165, 1.54) is 0 Å². The van der Waals surface area contributed by atoms with E-state index in [0.29, 0.717) is 17.3 Å². The third kappa shape index (κ3) is 4.45. The summed E-state index contributed by atoms with van der Waals surface area (Å²) in [7, 11) is 1.65. The lowest BCUT2D eigenvalue weighted by Crippen LogP contribution is -2.38. The summed E-state index contributed by atoms with van der Waals surface area (Å²) in [5, 5.41) is 8.60. The van der Waals surface area contributed by atoms with E-state index in [1.807, 2.05) is 102 Å². The number of nitrogens with one attached hydrogen (secondary N) is 1. The van der Waals surface area contributed by atoms with Gasteiger partial charge in [0.25, 0.3) is 0 Å². The van der Waals surface area contributed by atoms with Gasteiger partial charge < -0.3 is 19.5 Å². The minimum absolute atomic E-state index is 0.236. The van der Waals surface area contributed by atoms with Crippen molar-refractivity contribution in [2.75, 3.05) is 12.4 Å². The molecular weight excluding hydrogens is 510 g/mol. The molecule has 8 heteroatoms. The molecule has 0 fully saturated rings. The molecule has 6 rings (SSSR count). The number of para-hydroxylation sites is 1. The zero-order valence-corrected chi connectivity index (χ0v) is 22.7. The molecule has 0 saturated carbocycles. The number of carbonyl (C=O) groups is 1. The molecule has 3 aromatic carbocycles. The fraction of sp³-hybridized carbons (Fsp3) is 0.161. The summed E-state index contributed by atoms with van der Waals surface area (Å²) in [6.07, 6.45) is 2.03. The van der Waals surface area contributed by atoms with E-state index >= 15 is 0 Å². The van der Waals surface area contributed by atoms with Gasteiger partial charge in [-0.25, -0.2) is 9.48 Å². The molecule has 7 nitrogen and oxygen atoms in total. The second kappa shape index (κ2) is 10.0. The molecule has 196 valence electrons. The number of urea groups is 1. The van der Waals surface area contributed by atoms with Crippen molar-refractivity contribution in [2.45, 2.75) is 26.4 Å². The van der Waals surface area contributed by atoms with Crippen LogP contribution < -0.4 is 10.1 Å². The Labute approximate surface area is 232 Å². The fourth-order valence-electron chi connectivity index (χ4n) is 5.23. The predicted octanol–water partition coefficient (Wildman–Crippen LogP) is 7.08. The van der Waals surface area contributed by atoms with Crippen molar-refractivity contribution in [3.05, 3.63) is 124 Å². The normalized spacial score (nSPS) is 14.4. The lowest BCUT2D eigenvalue weighted by molar-refractivity contribution is 0.194. The maximum atomic E-state index is 14.2. The molecule has 0 bridgehead atoms. The molecule has 1 aliphatic heterocycles. The van der Waals surface area contributed by atoms with Crippen molar-refractivity contribution < 1.29 is 9.53 Å².